The molecular formula is C26H32O2. The van der Waals surface area contributed by atoms with Gasteiger partial charge < -0.3 is 4.74 Å². The molecule has 2 nitrogen and oxygen atoms in total. The monoisotopic (exact) mass is 376 g/mol. The molecule has 1 aromatic carbocycles. The molecule has 148 valence electrons. The summed E-state index contributed by atoms with van der Waals surface area (Å²) in [7, 11) is 0. The van der Waals surface area contributed by atoms with Gasteiger partial charge in [-0.25, -0.2) is 0 Å². The minimum atomic E-state index is 0.0984. The molecule has 0 aliphatic heterocycles. The maximum atomic E-state index is 11.9. The normalized spacial score (nSPS) is 41.8. The van der Waals surface area contributed by atoms with Crippen LogP contribution in [0.1, 0.15) is 57.9 Å². The summed E-state index contributed by atoms with van der Waals surface area (Å²) >= 11 is 0. The lowest BCUT2D eigenvalue weighted by Gasteiger charge is -2.56. The molecule has 0 spiro atoms. The van der Waals surface area contributed by atoms with E-state index in [-0.39, 0.29) is 11.2 Å². The molecule has 1 aromatic rings. The predicted molar refractivity (Wildman–Crippen MR) is 112 cm³/mol. The molecule has 3 unspecified atom stereocenters. The first-order valence-electron chi connectivity index (χ1n) is 11.1. The summed E-state index contributed by atoms with van der Waals surface area (Å²) < 4.78 is 6.52. The van der Waals surface area contributed by atoms with Crippen LogP contribution in [-0.2, 0) is 16.1 Å². The van der Waals surface area contributed by atoms with Gasteiger partial charge >= 0.3 is 0 Å². The number of benzene rings is 1. The van der Waals surface area contributed by atoms with Crippen LogP contribution in [0.2, 0.25) is 0 Å². The van der Waals surface area contributed by atoms with E-state index >= 15 is 0 Å². The third-order valence-corrected chi connectivity index (χ3v) is 8.76. The van der Waals surface area contributed by atoms with Crippen molar-refractivity contribution in [2.24, 2.45) is 28.6 Å². The van der Waals surface area contributed by atoms with Crippen LogP contribution in [0.15, 0.2) is 54.1 Å². The molecule has 6 atom stereocenters. The van der Waals surface area contributed by atoms with E-state index in [4.69, 9.17) is 4.74 Å². The van der Waals surface area contributed by atoms with Gasteiger partial charge in [-0.05, 0) is 79.4 Å². The fraction of sp³-hybridized carbons (Fsp3) is 0.577. The Bertz CT molecular complexity index is 822. The van der Waals surface area contributed by atoms with Gasteiger partial charge in [-0.3, -0.25) is 4.79 Å². The average Bonchev–Trinajstić information content (AvgIpc) is 3.04. The number of hydrogen-bond acceptors (Lipinski definition) is 2. The summed E-state index contributed by atoms with van der Waals surface area (Å²) in [6.45, 7) is 5.63. The molecule has 3 saturated carbocycles. The highest BCUT2D eigenvalue weighted by atomic mass is 16.5. The highest BCUT2D eigenvalue weighted by molar-refractivity contribution is 6.01. The molecule has 4 aliphatic carbocycles. The standard InChI is InChI=1S/C26H32O2/c1-25-14-12-20(27)16-19(25)8-9-21-22-10-11-24(26(22,2)15-13-23(21)25)28-17-18-6-4-3-5-7-18/h3-7,12,14,16,21-24H,8-11,13,15,17H2,1-2H3/t21?,22?,23?,24-,25-,26-/m0/s1. The van der Waals surface area contributed by atoms with Gasteiger partial charge in [-0.1, -0.05) is 55.8 Å². The molecule has 28 heavy (non-hydrogen) atoms. The fourth-order valence-electron chi connectivity index (χ4n) is 7.19. The van der Waals surface area contributed by atoms with E-state index in [0.29, 0.717) is 17.4 Å². The van der Waals surface area contributed by atoms with Crippen molar-refractivity contribution in [2.45, 2.75) is 65.1 Å². The first-order chi connectivity index (χ1) is 13.5. The first kappa shape index (κ1) is 18.4. The zero-order chi connectivity index (χ0) is 19.4. The van der Waals surface area contributed by atoms with Gasteiger partial charge in [0.1, 0.15) is 0 Å². The largest absolute Gasteiger partial charge is 0.373 e. The van der Waals surface area contributed by atoms with Crippen LogP contribution in [0.4, 0.5) is 0 Å². The lowest BCUT2D eigenvalue weighted by molar-refractivity contribution is -0.111. The van der Waals surface area contributed by atoms with Gasteiger partial charge in [0.25, 0.3) is 0 Å². The Morgan fingerprint density at radius 2 is 1.86 bits per heavy atom. The molecule has 0 aromatic heterocycles. The average molecular weight is 377 g/mol. The Labute approximate surface area is 169 Å². The zero-order valence-electron chi connectivity index (χ0n) is 17.2. The van der Waals surface area contributed by atoms with Gasteiger partial charge in [0.15, 0.2) is 5.78 Å². The van der Waals surface area contributed by atoms with Crippen LogP contribution in [0.5, 0.6) is 0 Å². The molecule has 0 N–H and O–H groups in total. The maximum Gasteiger partial charge on any atom is 0.178 e. The number of rotatable bonds is 3. The van der Waals surface area contributed by atoms with Crippen molar-refractivity contribution >= 4 is 5.78 Å². The topological polar surface area (TPSA) is 26.3 Å². The van der Waals surface area contributed by atoms with Gasteiger partial charge in [-0.2, -0.15) is 0 Å². The molecular weight excluding hydrogens is 344 g/mol. The van der Waals surface area contributed by atoms with Gasteiger partial charge in [0.05, 0.1) is 12.7 Å². The number of hydrogen-bond donors (Lipinski definition) is 0. The summed E-state index contributed by atoms with van der Waals surface area (Å²) in [6.07, 6.45) is 13.7. The Hall–Kier alpha value is -1.67. The number of fused-ring (bicyclic) bond motifs is 5. The van der Waals surface area contributed by atoms with E-state index in [0.717, 1.165) is 24.9 Å². The number of carbonyl (C=O) groups is 1. The minimum absolute atomic E-state index is 0.0984. The number of allylic oxidation sites excluding steroid dienone is 4. The van der Waals surface area contributed by atoms with Crippen LogP contribution < -0.4 is 0 Å². The molecule has 2 heteroatoms. The Kier molecular flexibility index (Phi) is 4.39. The van der Waals surface area contributed by atoms with E-state index in [2.05, 4.69) is 50.3 Å². The van der Waals surface area contributed by atoms with Crippen LogP contribution >= 0.6 is 0 Å². The molecule has 4 aliphatic rings. The minimum Gasteiger partial charge on any atom is -0.373 e. The van der Waals surface area contributed by atoms with Gasteiger partial charge in [0.2, 0.25) is 0 Å². The summed E-state index contributed by atoms with van der Waals surface area (Å²) in [5, 5.41) is 0. The van der Waals surface area contributed by atoms with E-state index in [1.165, 1.54) is 43.2 Å². The van der Waals surface area contributed by atoms with Crippen molar-refractivity contribution < 1.29 is 9.53 Å². The van der Waals surface area contributed by atoms with Crippen LogP contribution in [0.3, 0.4) is 0 Å². The van der Waals surface area contributed by atoms with Crippen molar-refractivity contribution in [1.29, 1.82) is 0 Å². The number of ether oxygens (including phenoxy) is 1. The predicted octanol–water partition coefficient (Wildman–Crippen LogP) is 5.88. The lowest BCUT2D eigenvalue weighted by atomic mass is 9.48. The highest BCUT2D eigenvalue weighted by Crippen LogP contribution is 2.64. The van der Waals surface area contributed by atoms with E-state index in [1.54, 1.807) is 0 Å². The SMILES string of the molecule is C[C@]12C=CC(=O)C=C1CCC1C2CC[C@@]2(C)C1CC[C@@H]2OCc1ccccc1. The maximum absolute atomic E-state index is 11.9. The van der Waals surface area contributed by atoms with Crippen molar-refractivity contribution in [3.8, 4) is 0 Å². The molecule has 0 bridgehead atoms. The third-order valence-electron chi connectivity index (χ3n) is 8.76. The van der Waals surface area contributed by atoms with E-state index in [1.807, 2.05) is 12.2 Å². The second-order valence-corrected chi connectivity index (χ2v) is 10.0. The fourth-order valence-corrected chi connectivity index (χ4v) is 7.19. The second-order valence-electron chi connectivity index (χ2n) is 10.0. The molecule has 0 radical (unpaired) electrons. The van der Waals surface area contributed by atoms with Crippen molar-refractivity contribution in [3.63, 3.8) is 0 Å². The Balaban J connectivity index is 1.35. The summed E-state index contributed by atoms with van der Waals surface area (Å²) in [5.74, 6) is 2.39. The first-order valence-corrected chi connectivity index (χ1v) is 11.1. The number of carbonyl (C=O) groups excluding carboxylic acids is 1. The Morgan fingerprint density at radius 3 is 2.68 bits per heavy atom. The smallest absolute Gasteiger partial charge is 0.178 e. The van der Waals surface area contributed by atoms with Crippen LogP contribution in [0, 0.1) is 28.6 Å². The van der Waals surface area contributed by atoms with Gasteiger partial charge in [0, 0.05) is 5.41 Å². The second kappa shape index (κ2) is 6.69. The molecule has 0 saturated heterocycles. The molecule has 3 fully saturated rings. The Morgan fingerprint density at radius 1 is 1.04 bits per heavy atom. The summed E-state index contributed by atoms with van der Waals surface area (Å²) in [6, 6.07) is 10.6. The van der Waals surface area contributed by atoms with Crippen LogP contribution in [-0.4, -0.2) is 11.9 Å². The van der Waals surface area contributed by atoms with Crippen molar-refractivity contribution in [1.82, 2.24) is 0 Å². The summed E-state index contributed by atoms with van der Waals surface area (Å²) in [5.41, 5.74) is 3.07. The lowest BCUT2D eigenvalue weighted by Crippen LogP contribution is -2.50. The molecule has 0 heterocycles. The van der Waals surface area contributed by atoms with Crippen molar-refractivity contribution in [2.75, 3.05) is 0 Å². The summed E-state index contributed by atoms with van der Waals surface area (Å²) in [4.78, 5) is 11.9. The highest BCUT2D eigenvalue weighted by Gasteiger charge is 2.58. The quantitative estimate of drug-likeness (QED) is 0.658. The zero-order valence-corrected chi connectivity index (χ0v) is 17.2. The van der Waals surface area contributed by atoms with Gasteiger partial charge in [-0.15, -0.1) is 0 Å². The molecule has 0 amide bonds. The number of ketones is 1. The van der Waals surface area contributed by atoms with Crippen molar-refractivity contribution in [3.05, 3.63) is 59.7 Å². The van der Waals surface area contributed by atoms with Crippen LogP contribution in [0.25, 0.3) is 0 Å². The van der Waals surface area contributed by atoms with E-state index in [9.17, 15) is 4.79 Å². The third kappa shape index (κ3) is 2.76. The molecule has 5 rings (SSSR count). The van der Waals surface area contributed by atoms with E-state index < -0.39 is 0 Å².